The van der Waals surface area contributed by atoms with Crippen LogP contribution in [0.5, 0.6) is 0 Å². The minimum absolute atomic E-state index is 0.228. The molecule has 4 heteroatoms. The number of hydrogen-bond donors (Lipinski definition) is 3. The quantitative estimate of drug-likeness (QED) is 0.660. The molecule has 0 unspecified atom stereocenters. The normalized spacial score (nSPS) is 15.7. The van der Waals surface area contributed by atoms with Crippen molar-refractivity contribution in [2.75, 3.05) is 11.1 Å². The molecule has 1 fully saturated rings. The van der Waals surface area contributed by atoms with E-state index in [2.05, 4.69) is 5.32 Å². The lowest BCUT2D eigenvalue weighted by Gasteiger charge is -2.28. The Morgan fingerprint density at radius 2 is 2.20 bits per heavy atom. The van der Waals surface area contributed by atoms with Crippen LogP contribution in [0.4, 0.5) is 11.4 Å². The van der Waals surface area contributed by atoms with Crippen molar-refractivity contribution < 1.29 is 9.90 Å². The van der Waals surface area contributed by atoms with E-state index in [1.165, 1.54) is 25.3 Å². The Balaban J connectivity index is 2.14. The number of aromatic carboxylic acids is 1. The average molecular weight is 206 g/mol. The van der Waals surface area contributed by atoms with Gasteiger partial charge in [0, 0.05) is 6.04 Å². The molecule has 4 N–H and O–H groups in total. The number of hydrogen-bond acceptors (Lipinski definition) is 3. The third-order valence-corrected chi connectivity index (χ3v) is 2.76. The molecule has 15 heavy (non-hydrogen) atoms. The molecular weight excluding hydrogens is 192 g/mol. The first kappa shape index (κ1) is 9.83. The molecule has 0 aliphatic heterocycles. The Kier molecular flexibility index (Phi) is 2.49. The SMILES string of the molecule is Nc1cc(C(=O)O)ccc1NC1CCC1. The zero-order chi connectivity index (χ0) is 10.8. The van der Waals surface area contributed by atoms with Crippen molar-refractivity contribution in [2.45, 2.75) is 25.3 Å². The first-order valence-electron chi connectivity index (χ1n) is 5.06. The standard InChI is InChI=1S/C11H14N2O2/c12-9-6-7(11(14)15)4-5-10(9)13-8-2-1-3-8/h4-6,8,13H,1-3,12H2,(H,14,15). The molecule has 0 heterocycles. The number of nitrogens with two attached hydrogens (primary N) is 1. The number of carboxylic acid groups (broad SMARTS) is 1. The second-order valence-electron chi connectivity index (χ2n) is 3.88. The lowest BCUT2D eigenvalue weighted by molar-refractivity contribution is 0.0697. The van der Waals surface area contributed by atoms with Crippen molar-refractivity contribution in [1.82, 2.24) is 0 Å². The predicted molar refractivity (Wildman–Crippen MR) is 59.1 cm³/mol. The summed E-state index contributed by atoms with van der Waals surface area (Å²) in [4.78, 5) is 10.7. The summed E-state index contributed by atoms with van der Waals surface area (Å²) in [6.45, 7) is 0. The number of nitrogen functional groups attached to an aromatic ring is 1. The molecule has 0 bridgehead atoms. The van der Waals surface area contributed by atoms with Gasteiger partial charge in [-0.05, 0) is 37.5 Å². The van der Waals surface area contributed by atoms with Crippen LogP contribution in [-0.4, -0.2) is 17.1 Å². The van der Waals surface area contributed by atoms with Crippen molar-refractivity contribution in [3.8, 4) is 0 Å². The van der Waals surface area contributed by atoms with Crippen LogP contribution >= 0.6 is 0 Å². The van der Waals surface area contributed by atoms with E-state index in [-0.39, 0.29) is 5.56 Å². The van der Waals surface area contributed by atoms with Crippen molar-refractivity contribution in [3.63, 3.8) is 0 Å². The zero-order valence-electron chi connectivity index (χ0n) is 8.36. The van der Waals surface area contributed by atoms with Gasteiger partial charge in [-0.15, -0.1) is 0 Å². The van der Waals surface area contributed by atoms with E-state index >= 15 is 0 Å². The Morgan fingerprint density at radius 1 is 1.47 bits per heavy atom. The third-order valence-electron chi connectivity index (χ3n) is 2.76. The topological polar surface area (TPSA) is 75.4 Å². The highest BCUT2D eigenvalue weighted by atomic mass is 16.4. The van der Waals surface area contributed by atoms with Crippen LogP contribution in [0, 0.1) is 0 Å². The molecule has 1 saturated carbocycles. The fourth-order valence-electron chi connectivity index (χ4n) is 1.60. The fourth-order valence-corrected chi connectivity index (χ4v) is 1.60. The molecule has 4 nitrogen and oxygen atoms in total. The highest BCUT2D eigenvalue weighted by molar-refractivity contribution is 5.90. The summed E-state index contributed by atoms with van der Waals surface area (Å²) in [5.41, 5.74) is 7.33. The van der Waals surface area contributed by atoms with Crippen molar-refractivity contribution in [3.05, 3.63) is 23.8 Å². The summed E-state index contributed by atoms with van der Waals surface area (Å²) in [6.07, 6.45) is 3.59. The molecule has 0 saturated heterocycles. The van der Waals surface area contributed by atoms with Crippen LogP contribution in [0.25, 0.3) is 0 Å². The molecule has 1 aliphatic carbocycles. The zero-order valence-corrected chi connectivity index (χ0v) is 8.36. The number of anilines is 2. The van der Waals surface area contributed by atoms with E-state index in [0.717, 1.165) is 5.69 Å². The maximum Gasteiger partial charge on any atom is 0.335 e. The van der Waals surface area contributed by atoms with Gasteiger partial charge < -0.3 is 16.2 Å². The monoisotopic (exact) mass is 206 g/mol. The lowest BCUT2D eigenvalue weighted by Crippen LogP contribution is -2.27. The maximum absolute atomic E-state index is 10.7. The molecule has 1 aliphatic rings. The molecule has 0 spiro atoms. The van der Waals surface area contributed by atoms with Crippen LogP contribution in [0.2, 0.25) is 0 Å². The molecule has 1 aromatic rings. The minimum atomic E-state index is -0.947. The van der Waals surface area contributed by atoms with E-state index in [1.54, 1.807) is 12.1 Å². The molecule has 2 rings (SSSR count). The molecule has 0 radical (unpaired) electrons. The van der Waals surface area contributed by atoms with Gasteiger partial charge >= 0.3 is 5.97 Å². The molecule has 1 aromatic carbocycles. The second kappa shape index (κ2) is 3.81. The van der Waals surface area contributed by atoms with Gasteiger partial charge in [0.2, 0.25) is 0 Å². The Labute approximate surface area is 88.1 Å². The van der Waals surface area contributed by atoms with E-state index in [4.69, 9.17) is 10.8 Å². The summed E-state index contributed by atoms with van der Waals surface area (Å²) in [5.74, 6) is -0.947. The second-order valence-corrected chi connectivity index (χ2v) is 3.88. The van der Waals surface area contributed by atoms with Gasteiger partial charge in [0.1, 0.15) is 0 Å². The van der Waals surface area contributed by atoms with Gasteiger partial charge in [-0.1, -0.05) is 0 Å². The van der Waals surface area contributed by atoms with Gasteiger partial charge in [0.05, 0.1) is 16.9 Å². The average Bonchev–Trinajstić information content (AvgIpc) is 2.12. The third kappa shape index (κ3) is 2.03. The van der Waals surface area contributed by atoms with Gasteiger partial charge in [-0.25, -0.2) is 4.79 Å². The summed E-state index contributed by atoms with van der Waals surface area (Å²) in [7, 11) is 0. The molecule has 0 aromatic heterocycles. The fraction of sp³-hybridized carbons (Fsp3) is 0.364. The van der Waals surface area contributed by atoms with Gasteiger partial charge in [0.15, 0.2) is 0 Å². The molecule has 0 amide bonds. The number of carbonyl (C=O) groups is 1. The van der Waals surface area contributed by atoms with Crippen molar-refractivity contribution >= 4 is 17.3 Å². The lowest BCUT2D eigenvalue weighted by atomic mass is 9.93. The summed E-state index contributed by atoms with van der Waals surface area (Å²) in [6, 6.07) is 5.29. The predicted octanol–water partition coefficient (Wildman–Crippen LogP) is 1.93. The van der Waals surface area contributed by atoms with Crippen LogP contribution in [0.1, 0.15) is 29.6 Å². The Morgan fingerprint density at radius 3 is 2.67 bits per heavy atom. The smallest absolute Gasteiger partial charge is 0.335 e. The van der Waals surface area contributed by atoms with Gasteiger partial charge in [-0.3, -0.25) is 0 Å². The number of carboxylic acids is 1. The largest absolute Gasteiger partial charge is 0.478 e. The molecule has 80 valence electrons. The van der Waals surface area contributed by atoms with Crippen molar-refractivity contribution in [2.24, 2.45) is 0 Å². The van der Waals surface area contributed by atoms with Gasteiger partial charge in [-0.2, -0.15) is 0 Å². The Hall–Kier alpha value is -1.71. The molecule has 0 atom stereocenters. The van der Waals surface area contributed by atoms with Crippen LogP contribution in [-0.2, 0) is 0 Å². The molecular formula is C11H14N2O2. The summed E-state index contributed by atoms with van der Waals surface area (Å²) < 4.78 is 0. The van der Waals surface area contributed by atoms with Crippen molar-refractivity contribution in [1.29, 1.82) is 0 Å². The number of rotatable bonds is 3. The Bertz CT molecular complexity index is 386. The highest BCUT2D eigenvalue weighted by Crippen LogP contribution is 2.27. The van der Waals surface area contributed by atoms with Crippen LogP contribution in [0.3, 0.4) is 0 Å². The van der Waals surface area contributed by atoms with Crippen LogP contribution < -0.4 is 11.1 Å². The minimum Gasteiger partial charge on any atom is -0.478 e. The summed E-state index contributed by atoms with van der Waals surface area (Å²) >= 11 is 0. The first-order valence-corrected chi connectivity index (χ1v) is 5.06. The van der Waals surface area contributed by atoms with Gasteiger partial charge in [0.25, 0.3) is 0 Å². The first-order chi connectivity index (χ1) is 7.16. The maximum atomic E-state index is 10.7. The summed E-state index contributed by atoms with van der Waals surface area (Å²) in [5, 5.41) is 12.1. The van der Waals surface area contributed by atoms with E-state index < -0.39 is 5.97 Å². The van der Waals surface area contributed by atoms with E-state index in [1.807, 2.05) is 0 Å². The number of nitrogens with one attached hydrogen (secondary N) is 1. The van der Waals surface area contributed by atoms with E-state index in [9.17, 15) is 4.79 Å². The number of benzene rings is 1. The van der Waals surface area contributed by atoms with Crippen LogP contribution in [0.15, 0.2) is 18.2 Å². The highest BCUT2D eigenvalue weighted by Gasteiger charge is 2.17. The van der Waals surface area contributed by atoms with E-state index in [0.29, 0.717) is 11.7 Å².